The molecule has 0 aliphatic rings. The molecule has 0 bridgehead atoms. The Kier molecular flexibility index (Phi) is 5.30. The summed E-state index contributed by atoms with van der Waals surface area (Å²) < 4.78 is 16.6. The van der Waals surface area contributed by atoms with Crippen molar-refractivity contribution in [2.45, 2.75) is 12.6 Å². The summed E-state index contributed by atoms with van der Waals surface area (Å²) in [4.78, 5) is 23.5. The van der Waals surface area contributed by atoms with E-state index < -0.39 is 19.8 Å². The molecule has 0 fully saturated rings. The summed E-state index contributed by atoms with van der Waals surface area (Å²) in [5, 5.41) is 8.99. The molecule has 1 unspecified atom stereocenters. The third-order valence-electron chi connectivity index (χ3n) is 1.94. The van der Waals surface area contributed by atoms with Gasteiger partial charge < -0.3 is 20.5 Å². The van der Waals surface area contributed by atoms with Crippen LogP contribution in [0.5, 0.6) is 0 Å². The Hall–Kier alpha value is -1.21. The predicted molar refractivity (Wildman–Crippen MR) is 61.0 cm³/mol. The molecule has 1 heterocycles. The van der Waals surface area contributed by atoms with E-state index in [1.807, 2.05) is 0 Å². The van der Waals surface area contributed by atoms with Crippen molar-refractivity contribution >= 4 is 13.8 Å². The van der Waals surface area contributed by atoms with Crippen LogP contribution in [-0.4, -0.2) is 38.6 Å². The molecule has 0 radical (unpaired) electrons. The summed E-state index contributed by atoms with van der Waals surface area (Å²) in [5.41, 5.74) is 4.75. The van der Waals surface area contributed by atoms with Gasteiger partial charge in [-0.15, -0.1) is 0 Å². The van der Waals surface area contributed by atoms with Gasteiger partial charge in [-0.25, -0.2) is 4.79 Å². The Bertz CT molecular complexity index is 449. The van der Waals surface area contributed by atoms with E-state index in [1.165, 1.54) is 16.8 Å². The van der Waals surface area contributed by atoms with E-state index in [0.29, 0.717) is 0 Å². The van der Waals surface area contributed by atoms with Gasteiger partial charge in [0.05, 0.1) is 19.3 Å². The lowest BCUT2D eigenvalue weighted by Gasteiger charge is -2.15. The van der Waals surface area contributed by atoms with E-state index in [4.69, 9.17) is 20.5 Å². The lowest BCUT2D eigenvalue weighted by atomic mass is 10.3. The number of aromatic nitrogens is 2. The first-order valence-electron chi connectivity index (χ1n) is 4.80. The van der Waals surface area contributed by atoms with Crippen molar-refractivity contribution in [1.29, 1.82) is 0 Å². The Balaban J connectivity index is 2.67. The topological polar surface area (TPSA) is 128 Å². The Morgan fingerprint density at radius 3 is 2.88 bits per heavy atom. The number of hydrogen-bond donors (Lipinski definition) is 3. The van der Waals surface area contributed by atoms with Gasteiger partial charge in [-0.1, -0.05) is 0 Å². The second-order valence-corrected chi connectivity index (χ2v) is 4.37. The summed E-state index contributed by atoms with van der Waals surface area (Å²) >= 11 is 0. The van der Waals surface area contributed by atoms with Crippen molar-refractivity contribution in [2.75, 3.05) is 18.7 Å². The molecular formula is C8H14N3O5P. The molecule has 8 nitrogen and oxygen atoms in total. The number of aliphatic hydroxyl groups is 1. The second-order valence-electron chi connectivity index (χ2n) is 3.30. The first-order chi connectivity index (χ1) is 8.02. The fourth-order valence-electron chi connectivity index (χ4n) is 1.15. The number of rotatable bonds is 6. The van der Waals surface area contributed by atoms with E-state index in [1.54, 1.807) is 0 Å². The summed E-state index contributed by atoms with van der Waals surface area (Å²) in [7, 11) is -2.75. The minimum absolute atomic E-state index is 0.0394. The molecule has 1 aromatic heterocycles. The molecule has 17 heavy (non-hydrogen) atoms. The third kappa shape index (κ3) is 4.66. The monoisotopic (exact) mass is 263 g/mol. The first kappa shape index (κ1) is 13.9. The van der Waals surface area contributed by atoms with Crippen molar-refractivity contribution in [2.24, 2.45) is 0 Å². The smallest absolute Gasteiger partial charge is 0.349 e. The molecule has 0 aromatic carbocycles. The van der Waals surface area contributed by atoms with E-state index in [9.17, 15) is 9.36 Å². The second kappa shape index (κ2) is 6.51. The molecule has 0 spiro atoms. The van der Waals surface area contributed by atoms with Gasteiger partial charge in [0, 0.05) is 6.20 Å². The highest BCUT2D eigenvalue weighted by Gasteiger charge is 2.11. The molecular weight excluding hydrogens is 249 g/mol. The fraction of sp³-hybridized carbons (Fsp3) is 0.500. The number of ether oxygens (including phenoxy) is 1. The lowest BCUT2D eigenvalue weighted by molar-refractivity contribution is 0.0236. The van der Waals surface area contributed by atoms with Gasteiger partial charge in [-0.05, 0) is 6.07 Å². The SMILES string of the molecule is Nc1ccn(C[C@@H](CO)OC[PH](=O)O)c(=O)n1. The molecule has 2 atom stereocenters. The summed E-state index contributed by atoms with van der Waals surface area (Å²) in [6, 6.07) is 1.44. The maximum absolute atomic E-state index is 11.4. The van der Waals surface area contributed by atoms with Crippen molar-refractivity contribution in [1.82, 2.24) is 9.55 Å². The van der Waals surface area contributed by atoms with Gasteiger partial charge in [0.15, 0.2) is 0 Å². The van der Waals surface area contributed by atoms with Crippen LogP contribution in [0.2, 0.25) is 0 Å². The number of nitrogen functional groups attached to an aromatic ring is 1. The van der Waals surface area contributed by atoms with Gasteiger partial charge in [0.1, 0.15) is 12.2 Å². The normalized spacial score (nSPS) is 14.5. The Morgan fingerprint density at radius 1 is 1.65 bits per heavy atom. The molecule has 4 N–H and O–H groups in total. The minimum atomic E-state index is -2.75. The van der Waals surface area contributed by atoms with Crippen LogP contribution in [0.3, 0.4) is 0 Å². The van der Waals surface area contributed by atoms with E-state index in [0.717, 1.165) is 0 Å². The van der Waals surface area contributed by atoms with Gasteiger partial charge in [-0.2, -0.15) is 4.98 Å². The molecule has 96 valence electrons. The van der Waals surface area contributed by atoms with Crippen LogP contribution in [0.1, 0.15) is 0 Å². The van der Waals surface area contributed by atoms with Gasteiger partial charge in [-0.3, -0.25) is 9.13 Å². The average molecular weight is 263 g/mol. The highest BCUT2D eigenvalue weighted by Crippen LogP contribution is 2.13. The van der Waals surface area contributed by atoms with Crippen LogP contribution >= 0.6 is 8.03 Å². The molecule has 0 saturated carbocycles. The summed E-state index contributed by atoms with van der Waals surface area (Å²) in [5.74, 6) is 0.105. The molecule has 1 rings (SSSR count). The van der Waals surface area contributed by atoms with Crippen molar-refractivity contribution in [3.8, 4) is 0 Å². The molecule has 0 aliphatic carbocycles. The first-order valence-corrected chi connectivity index (χ1v) is 6.36. The van der Waals surface area contributed by atoms with Crippen LogP contribution in [0, 0.1) is 0 Å². The molecule has 1 aromatic rings. The number of hydrogen-bond acceptors (Lipinski definition) is 6. The van der Waals surface area contributed by atoms with Gasteiger partial charge >= 0.3 is 5.69 Å². The third-order valence-corrected chi connectivity index (χ3v) is 2.36. The average Bonchev–Trinajstić information content (AvgIpc) is 2.26. The molecule has 0 aliphatic heterocycles. The Morgan fingerprint density at radius 2 is 2.35 bits per heavy atom. The van der Waals surface area contributed by atoms with E-state index in [-0.39, 0.29) is 25.3 Å². The highest BCUT2D eigenvalue weighted by atomic mass is 31.1. The van der Waals surface area contributed by atoms with Gasteiger partial charge in [0.25, 0.3) is 0 Å². The van der Waals surface area contributed by atoms with E-state index in [2.05, 4.69) is 4.98 Å². The number of anilines is 1. The van der Waals surface area contributed by atoms with Crippen LogP contribution in [0.25, 0.3) is 0 Å². The fourth-order valence-corrected chi connectivity index (χ4v) is 1.53. The Labute approximate surface area is 97.5 Å². The quantitative estimate of drug-likeness (QED) is 0.540. The van der Waals surface area contributed by atoms with E-state index >= 15 is 0 Å². The number of nitrogens with zero attached hydrogens (tertiary/aromatic N) is 2. The van der Waals surface area contributed by atoms with Crippen molar-refractivity contribution < 1.29 is 19.3 Å². The summed E-state index contributed by atoms with van der Waals surface area (Å²) in [6.07, 6.45) is 0.324. The zero-order valence-electron chi connectivity index (χ0n) is 8.94. The maximum atomic E-state index is 11.4. The molecule has 9 heteroatoms. The maximum Gasteiger partial charge on any atom is 0.349 e. The van der Waals surface area contributed by atoms with Crippen LogP contribution in [-0.2, 0) is 15.8 Å². The molecule has 0 saturated heterocycles. The van der Waals surface area contributed by atoms with Crippen LogP contribution in [0.4, 0.5) is 5.82 Å². The highest BCUT2D eigenvalue weighted by molar-refractivity contribution is 7.37. The van der Waals surface area contributed by atoms with Crippen LogP contribution in [0.15, 0.2) is 17.1 Å². The standard InChI is InChI=1S/C8H14N3O5P/c9-7-1-2-11(8(13)10-7)3-6(4-12)16-5-17(14)15/h1-2,6,12,17H,3-5H2,(H,14,15)(H2,9,10,13)/t6-/m0/s1. The zero-order chi connectivity index (χ0) is 12.8. The summed E-state index contributed by atoms with van der Waals surface area (Å²) in [6.45, 7) is -0.330. The largest absolute Gasteiger partial charge is 0.394 e. The minimum Gasteiger partial charge on any atom is -0.394 e. The van der Waals surface area contributed by atoms with Gasteiger partial charge in [0.2, 0.25) is 8.03 Å². The zero-order valence-corrected chi connectivity index (χ0v) is 9.94. The van der Waals surface area contributed by atoms with Crippen LogP contribution < -0.4 is 11.4 Å². The lowest BCUT2D eigenvalue weighted by Crippen LogP contribution is -2.31. The van der Waals surface area contributed by atoms with Crippen molar-refractivity contribution in [3.63, 3.8) is 0 Å². The molecule has 0 amide bonds. The number of aliphatic hydroxyl groups excluding tert-OH is 1. The van der Waals surface area contributed by atoms with Crippen molar-refractivity contribution in [3.05, 3.63) is 22.7 Å². The predicted octanol–water partition coefficient (Wildman–Crippen LogP) is -1.37. The number of nitrogens with two attached hydrogens (primary N) is 1.